The largest absolute Gasteiger partial charge is 0.387 e. The van der Waals surface area contributed by atoms with Crippen LogP contribution in [0.4, 0.5) is 5.95 Å². The Hall–Kier alpha value is -2.87. The zero-order chi connectivity index (χ0) is 19.1. The number of hydrogen-bond donors (Lipinski definition) is 1. The minimum absolute atomic E-state index is 0.194. The second kappa shape index (κ2) is 6.70. The summed E-state index contributed by atoms with van der Waals surface area (Å²) >= 11 is 0. The molecule has 27 heavy (non-hydrogen) atoms. The predicted octanol–water partition coefficient (Wildman–Crippen LogP) is 0.767. The van der Waals surface area contributed by atoms with Gasteiger partial charge in [0.1, 0.15) is 0 Å². The van der Waals surface area contributed by atoms with E-state index in [1.807, 2.05) is 30.3 Å². The normalized spacial score (nSPS) is 15.6. The van der Waals surface area contributed by atoms with Gasteiger partial charge in [0.2, 0.25) is 5.95 Å². The van der Waals surface area contributed by atoms with E-state index in [-0.39, 0.29) is 6.54 Å². The number of fused-ring (bicyclic) bond motifs is 1. The van der Waals surface area contributed by atoms with Gasteiger partial charge >= 0.3 is 5.69 Å². The SMILES string of the molecule is Cn1c(=O)c2c(nc(N3CCCC3)n2C[C@@H](O)c2ccccc2)n(C)c1=O. The standard InChI is InChI=1S/C19H23N5O3/c1-21-16-15(17(26)22(2)19(21)27)24(18(20-16)23-10-6-7-11-23)12-14(25)13-8-4-3-5-9-13/h3-5,8-9,14,25H,6-7,10-12H2,1-2H3/t14-/m1/s1. The van der Waals surface area contributed by atoms with Crippen molar-refractivity contribution in [3.8, 4) is 0 Å². The zero-order valence-corrected chi connectivity index (χ0v) is 15.5. The van der Waals surface area contributed by atoms with Crippen molar-refractivity contribution < 1.29 is 5.11 Å². The summed E-state index contributed by atoms with van der Waals surface area (Å²) in [6.45, 7) is 1.89. The number of rotatable bonds is 4. The van der Waals surface area contributed by atoms with Gasteiger partial charge in [-0.25, -0.2) is 4.79 Å². The molecule has 3 aromatic rings. The van der Waals surface area contributed by atoms with Crippen LogP contribution in [0.5, 0.6) is 0 Å². The molecule has 8 heteroatoms. The zero-order valence-electron chi connectivity index (χ0n) is 15.5. The maximum Gasteiger partial charge on any atom is 0.332 e. The molecule has 0 amide bonds. The molecule has 8 nitrogen and oxygen atoms in total. The number of aliphatic hydroxyl groups is 1. The van der Waals surface area contributed by atoms with Gasteiger partial charge < -0.3 is 14.6 Å². The lowest BCUT2D eigenvalue weighted by Crippen LogP contribution is -2.37. The molecule has 0 unspecified atom stereocenters. The molecule has 1 fully saturated rings. The molecule has 1 aliphatic rings. The fourth-order valence-electron chi connectivity index (χ4n) is 3.72. The minimum Gasteiger partial charge on any atom is -0.387 e. The van der Waals surface area contributed by atoms with Gasteiger partial charge in [0.15, 0.2) is 11.2 Å². The highest BCUT2D eigenvalue weighted by Crippen LogP contribution is 2.26. The Kier molecular flexibility index (Phi) is 4.35. The van der Waals surface area contributed by atoms with Gasteiger partial charge in [-0.3, -0.25) is 13.9 Å². The Morgan fingerprint density at radius 3 is 2.41 bits per heavy atom. The van der Waals surface area contributed by atoms with Gasteiger partial charge in [-0.05, 0) is 18.4 Å². The Morgan fingerprint density at radius 1 is 1.07 bits per heavy atom. The van der Waals surface area contributed by atoms with Gasteiger partial charge in [0.05, 0.1) is 12.6 Å². The molecule has 0 spiro atoms. The van der Waals surface area contributed by atoms with E-state index in [0.29, 0.717) is 17.1 Å². The second-order valence-corrected chi connectivity index (χ2v) is 7.02. The number of aryl methyl sites for hydroxylation is 1. The Labute approximate surface area is 155 Å². The Bertz CT molecular complexity index is 1090. The first kappa shape index (κ1) is 17.5. The smallest absolute Gasteiger partial charge is 0.332 e. The summed E-state index contributed by atoms with van der Waals surface area (Å²) < 4.78 is 4.24. The number of benzene rings is 1. The summed E-state index contributed by atoms with van der Waals surface area (Å²) in [6, 6.07) is 9.34. The van der Waals surface area contributed by atoms with E-state index in [2.05, 4.69) is 9.88 Å². The summed E-state index contributed by atoms with van der Waals surface area (Å²) in [5.41, 5.74) is 0.662. The number of nitrogens with zero attached hydrogens (tertiary/aromatic N) is 5. The molecular formula is C19H23N5O3. The monoisotopic (exact) mass is 369 g/mol. The summed E-state index contributed by atoms with van der Waals surface area (Å²) in [5.74, 6) is 0.635. The van der Waals surface area contributed by atoms with E-state index < -0.39 is 17.4 Å². The van der Waals surface area contributed by atoms with E-state index in [4.69, 9.17) is 0 Å². The van der Waals surface area contributed by atoms with Crippen LogP contribution in [0.3, 0.4) is 0 Å². The molecule has 1 atom stereocenters. The number of hydrogen-bond acceptors (Lipinski definition) is 5. The lowest BCUT2D eigenvalue weighted by molar-refractivity contribution is 0.158. The quantitative estimate of drug-likeness (QED) is 0.734. The Balaban J connectivity index is 1.92. The van der Waals surface area contributed by atoms with Gasteiger partial charge in [-0.1, -0.05) is 30.3 Å². The number of anilines is 1. The lowest BCUT2D eigenvalue weighted by atomic mass is 10.1. The molecule has 4 rings (SSSR count). The molecule has 3 heterocycles. The molecule has 1 aliphatic heterocycles. The van der Waals surface area contributed by atoms with Crippen LogP contribution in [-0.2, 0) is 20.6 Å². The van der Waals surface area contributed by atoms with Crippen LogP contribution in [0, 0.1) is 0 Å². The van der Waals surface area contributed by atoms with E-state index in [1.54, 1.807) is 11.6 Å². The maximum atomic E-state index is 12.9. The van der Waals surface area contributed by atoms with Crippen molar-refractivity contribution in [2.45, 2.75) is 25.5 Å². The highest BCUT2D eigenvalue weighted by molar-refractivity contribution is 5.74. The molecule has 0 saturated carbocycles. The van der Waals surface area contributed by atoms with Crippen molar-refractivity contribution in [2.24, 2.45) is 14.1 Å². The average Bonchev–Trinajstić information content (AvgIpc) is 3.33. The van der Waals surface area contributed by atoms with Crippen LogP contribution < -0.4 is 16.1 Å². The topological polar surface area (TPSA) is 85.3 Å². The van der Waals surface area contributed by atoms with Gasteiger partial charge in [-0.15, -0.1) is 0 Å². The third kappa shape index (κ3) is 2.86. The molecular weight excluding hydrogens is 346 g/mol. The van der Waals surface area contributed by atoms with Crippen molar-refractivity contribution in [1.82, 2.24) is 18.7 Å². The van der Waals surface area contributed by atoms with Crippen LogP contribution in [0.1, 0.15) is 24.5 Å². The van der Waals surface area contributed by atoms with Crippen molar-refractivity contribution in [3.63, 3.8) is 0 Å². The number of aliphatic hydroxyl groups excluding tert-OH is 1. The Morgan fingerprint density at radius 2 is 1.74 bits per heavy atom. The van der Waals surface area contributed by atoms with Gasteiger partial charge in [0.25, 0.3) is 5.56 Å². The molecule has 1 N–H and O–H groups in total. The average molecular weight is 369 g/mol. The lowest BCUT2D eigenvalue weighted by Gasteiger charge is -2.20. The van der Waals surface area contributed by atoms with Crippen molar-refractivity contribution in [1.29, 1.82) is 0 Å². The van der Waals surface area contributed by atoms with E-state index in [9.17, 15) is 14.7 Å². The van der Waals surface area contributed by atoms with Gasteiger partial charge in [-0.2, -0.15) is 4.98 Å². The van der Waals surface area contributed by atoms with Crippen LogP contribution in [0.2, 0.25) is 0 Å². The molecule has 0 bridgehead atoms. The fourth-order valence-corrected chi connectivity index (χ4v) is 3.72. The van der Waals surface area contributed by atoms with E-state index >= 15 is 0 Å². The van der Waals surface area contributed by atoms with Crippen LogP contribution in [0.15, 0.2) is 39.9 Å². The summed E-state index contributed by atoms with van der Waals surface area (Å²) in [6.07, 6.45) is 1.33. The van der Waals surface area contributed by atoms with E-state index in [1.165, 1.54) is 11.6 Å². The molecule has 2 aromatic heterocycles. The third-order valence-corrected chi connectivity index (χ3v) is 5.26. The molecule has 0 aliphatic carbocycles. The molecule has 142 valence electrons. The summed E-state index contributed by atoms with van der Waals surface area (Å²) in [7, 11) is 3.08. The second-order valence-electron chi connectivity index (χ2n) is 7.02. The number of aromatic nitrogens is 4. The van der Waals surface area contributed by atoms with Gasteiger partial charge in [0, 0.05) is 27.2 Å². The summed E-state index contributed by atoms with van der Waals surface area (Å²) in [5, 5.41) is 10.8. The minimum atomic E-state index is -0.785. The first-order valence-electron chi connectivity index (χ1n) is 9.13. The molecule has 1 saturated heterocycles. The molecule has 0 radical (unpaired) electrons. The van der Waals surface area contributed by atoms with Crippen LogP contribution in [-0.4, -0.2) is 36.9 Å². The highest BCUT2D eigenvalue weighted by Gasteiger charge is 2.25. The van der Waals surface area contributed by atoms with Crippen molar-refractivity contribution in [2.75, 3.05) is 18.0 Å². The van der Waals surface area contributed by atoms with Crippen LogP contribution >= 0.6 is 0 Å². The van der Waals surface area contributed by atoms with E-state index in [0.717, 1.165) is 36.1 Å². The number of imidazole rings is 1. The predicted molar refractivity (Wildman–Crippen MR) is 103 cm³/mol. The highest BCUT2D eigenvalue weighted by atomic mass is 16.3. The van der Waals surface area contributed by atoms with Crippen molar-refractivity contribution in [3.05, 3.63) is 56.7 Å². The van der Waals surface area contributed by atoms with Crippen LogP contribution in [0.25, 0.3) is 11.2 Å². The fraction of sp³-hybridized carbons (Fsp3) is 0.421. The van der Waals surface area contributed by atoms with Crippen molar-refractivity contribution >= 4 is 17.1 Å². The first-order chi connectivity index (χ1) is 13.0. The summed E-state index contributed by atoms with van der Waals surface area (Å²) in [4.78, 5) is 31.9. The molecule has 1 aromatic carbocycles. The maximum absolute atomic E-state index is 12.9. The first-order valence-corrected chi connectivity index (χ1v) is 9.13. The third-order valence-electron chi connectivity index (χ3n) is 5.26.